The second-order valence-corrected chi connectivity index (χ2v) is 14.2. The van der Waals surface area contributed by atoms with Crippen LogP contribution < -0.4 is 19.3 Å². The van der Waals surface area contributed by atoms with E-state index in [1.54, 1.807) is 6.07 Å². The number of anilines is 5. The molecule has 7 aromatic carbocycles. The number of benzene rings is 7. The molecule has 0 N–H and O–H groups in total. The third-order valence-corrected chi connectivity index (χ3v) is 10.3. The van der Waals surface area contributed by atoms with Crippen LogP contribution in [0.15, 0.2) is 201 Å². The lowest BCUT2D eigenvalue weighted by molar-refractivity contribution is -0.129. The summed E-state index contributed by atoms with van der Waals surface area (Å²) in [5.41, 5.74) is 9.82. The number of carbonyl (C=O) groups excluding carboxylic acids is 2. The van der Waals surface area contributed by atoms with Crippen LogP contribution >= 0.6 is 0 Å². The molecule has 7 aromatic rings. The van der Waals surface area contributed by atoms with Gasteiger partial charge in [0.25, 0.3) is 0 Å². The van der Waals surface area contributed by atoms with Gasteiger partial charge in [-0.3, -0.25) is 0 Å². The van der Waals surface area contributed by atoms with E-state index in [2.05, 4.69) is 163 Å². The lowest BCUT2D eigenvalue weighted by Crippen LogP contribution is -2.16. The largest absolute Gasteiger partial charge is 0.423 e. The Kier molecular flexibility index (Phi) is 11.1. The average Bonchev–Trinajstić information content (AvgIpc) is 3.26. The van der Waals surface area contributed by atoms with Gasteiger partial charge in [0, 0.05) is 46.3 Å². The second-order valence-electron chi connectivity index (χ2n) is 14.2. The van der Waals surface area contributed by atoms with E-state index < -0.39 is 11.9 Å². The van der Waals surface area contributed by atoms with E-state index in [1.165, 1.54) is 5.56 Å². The van der Waals surface area contributed by atoms with Crippen molar-refractivity contribution in [1.82, 2.24) is 0 Å². The normalized spacial score (nSPS) is 14.2. The number of aryl methyl sites for hydroxylation is 1. The first-order valence-corrected chi connectivity index (χ1v) is 19.5. The predicted molar refractivity (Wildman–Crippen MR) is 242 cm³/mol. The van der Waals surface area contributed by atoms with Crippen molar-refractivity contribution in [2.45, 2.75) is 19.8 Å². The van der Waals surface area contributed by atoms with Crippen LogP contribution in [0.1, 0.15) is 23.1 Å². The molecule has 0 amide bonds. The Labute approximate surface area is 344 Å². The van der Waals surface area contributed by atoms with Crippen LogP contribution in [-0.2, 0) is 16.0 Å². The molecule has 1 aliphatic carbocycles. The van der Waals surface area contributed by atoms with E-state index in [1.807, 2.05) is 36.4 Å². The molecule has 0 radical (unpaired) electrons. The molecule has 0 saturated carbocycles. The van der Waals surface area contributed by atoms with Crippen molar-refractivity contribution >= 4 is 68.0 Å². The molecule has 0 atom stereocenters. The topological polar surface area (TPSA) is 59.1 Å². The number of carbonyl (C=O) groups is 2. The zero-order chi connectivity index (χ0) is 40.7. The standard InChI is InChI=1S/C53H42N2O4/c1-4-52(56)58-49-30-25-40-33-47(28-23-42(40)35-49)54(44-17-7-6-8-18-44)46-27-22-38-16-13-20-45(19-11-10-15-39(38)32-46)55(51-21-12-9-14-37(51)3)48-29-24-43-36-50(59-53(57)5-2)31-26-41(43)34-48/h4-10,12-15,17-36H,1-2,11,16H2,3H3/b15-10-,20-13-,45-19+. The van der Waals surface area contributed by atoms with E-state index >= 15 is 0 Å². The van der Waals surface area contributed by atoms with Gasteiger partial charge in [-0.05, 0) is 143 Å². The summed E-state index contributed by atoms with van der Waals surface area (Å²) in [5.74, 6) is -0.0107. The fourth-order valence-corrected chi connectivity index (χ4v) is 7.40. The zero-order valence-corrected chi connectivity index (χ0v) is 32.8. The average molecular weight is 771 g/mol. The van der Waals surface area contributed by atoms with Gasteiger partial charge >= 0.3 is 11.9 Å². The van der Waals surface area contributed by atoms with E-state index in [4.69, 9.17) is 9.47 Å². The highest BCUT2D eigenvalue weighted by atomic mass is 16.5. The number of hydrogen-bond acceptors (Lipinski definition) is 6. The van der Waals surface area contributed by atoms with Gasteiger partial charge in [-0.2, -0.15) is 0 Å². The van der Waals surface area contributed by atoms with E-state index in [-0.39, 0.29) is 0 Å². The first-order chi connectivity index (χ1) is 28.9. The van der Waals surface area contributed by atoms with Gasteiger partial charge in [0.2, 0.25) is 0 Å². The van der Waals surface area contributed by atoms with Crippen LogP contribution in [0.3, 0.4) is 0 Å². The first kappa shape index (κ1) is 38.2. The fourth-order valence-electron chi connectivity index (χ4n) is 7.40. The lowest BCUT2D eigenvalue weighted by Gasteiger charge is -2.28. The van der Waals surface area contributed by atoms with Gasteiger partial charge in [0.1, 0.15) is 11.5 Å². The third-order valence-electron chi connectivity index (χ3n) is 10.3. The fraction of sp³-hybridized carbons (Fsp3) is 0.0566. The molecule has 0 bridgehead atoms. The monoisotopic (exact) mass is 770 g/mol. The van der Waals surface area contributed by atoms with Crippen molar-refractivity contribution in [3.05, 3.63) is 218 Å². The number of nitrogens with zero attached hydrogens (tertiary/aromatic N) is 2. The first-order valence-electron chi connectivity index (χ1n) is 19.5. The summed E-state index contributed by atoms with van der Waals surface area (Å²) >= 11 is 0. The van der Waals surface area contributed by atoms with Gasteiger partial charge in [-0.15, -0.1) is 0 Å². The Hall–Kier alpha value is -7.70. The summed E-state index contributed by atoms with van der Waals surface area (Å²) in [5, 5.41) is 3.99. The molecule has 0 spiro atoms. The number of allylic oxidation sites excluding steroid dienone is 4. The third kappa shape index (κ3) is 8.53. The summed E-state index contributed by atoms with van der Waals surface area (Å²) in [6, 6.07) is 49.4. The summed E-state index contributed by atoms with van der Waals surface area (Å²) in [4.78, 5) is 28.2. The predicted octanol–water partition coefficient (Wildman–Crippen LogP) is 13.2. The van der Waals surface area contributed by atoms with Crippen molar-refractivity contribution in [3.63, 3.8) is 0 Å². The van der Waals surface area contributed by atoms with E-state index in [9.17, 15) is 9.59 Å². The van der Waals surface area contributed by atoms with Crippen molar-refractivity contribution < 1.29 is 19.1 Å². The minimum absolute atomic E-state index is 0.480. The SMILES string of the molecule is C=CC(=O)Oc1ccc2cc(N(C3=C/C/C=C\c4cc(N(c5ccccc5)c5ccc6cc(OC(=O)C=C)ccc6c5)ccc4C/C=C\3)c3ccccc3C)ccc2c1. The smallest absolute Gasteiger partial charge is 0.335 e. The Morgan fingerprint density at radius 1 is 0.559 bits per heavy atom. The Bertz CT molecular complexity index is 2830. The molecule has 0 aliphatic heterocycles. The van der Waals surface area contributed by atoms with Crippen LogP contribution in [0, 0.1) is 6.92 Å². The summed E-state index contributed by atoms with van der Waals surface area (Å²) in [7, 11) is 0. The zero-order valence-electron chi connectivity index (χ0n) is 32.8. The Morgan fingerprint density at radius 2 is 1.12 bits per heavy atom. The van der Waals surface area contributed by atoms with Gasteiger partial charge < -0.3 is 19.3 Å². The molecular formula is C53H42N2O4. The maximum absolute atomic E-state index is 11.8. The van der Waals surface area contributed by atoms with Gasteiger partial charge in [0.05, 0.1) is 0 Å². The van der Waals surface area contributed by atoms with Gasteiger partial charge in [0.15, 0.2) is 0 Å². The highest BCUT2D eigenvalue weighted by molar-refractivity contribution is 5.92. The van der Waals surface area contributed by atoms with Gasteiger partial charge in [-0.1, -0.05) is 104 Å². The van der Waals surface area contributed by atoms with E-state index in [0.717, 1.165) is 85.4 Å². The molecule has 0 unspecified atom stereocenters. The lowest BCUT2D eigenvalue weighted by atomic mass is 10.00. The summed E-state index contributed by atoms with van der Waals surface area (Å²) in [6.07, 6.45) is 15.0. The number of para-hydroxylation sites is 2. The summed E-state index contributed by atoms with van der Waals surface area (Å²) < 4.78 is 10.8. The molecule has 0 aromatic heterocycles. The highest BCUT2D eigenvalue weighted by Gasteiger charge is 2.18. The Morgan fingerprint density at radius 3 is 1.76 bits per heavy atom. The quantitative estimate of drug-likeness (QED) is 0.0784. The van der Waals surface area contributed by atoms with Crippen LogP contribution in [0.25, 0.3) is 27.6 Å². The van der Waals surface area contributed by atoms with Crippen molar-refractivity contribution in [2.75, 3.05) is 9.80 Å². The molecule has 1 aliphatic rings. The van der Waals surface area contributed by atoms with Crippen LogP contribution in [0.2, 0.25) is 0 Å². The van der Waals surface area contributed by atoms with Gasteiger partial charge in [-0.25, -0.2) is 9.59 Å². The number of ether oxygens (including phenoxy) is 2. The molecule has 59 heavy (non-hydrogen) atoms. The maximum atomic E-state index is 11.8. The van der Waals surface area contributed by atoms with E-state index in [0.29, 0.717) is 17.9 Å². The van der Waals surface area contributed by atoms with Crippen LogP contribution in [0.4, 0.5) is 28.4 Å². The van der Waals surface area contributed by atoms with Crippen molar-refractivity contribution in [3.8, 4) is 11.5 Å². The molecule has 8 rings (SSSR count). The molecular weight excluding hydrogens is 729 g/mol. The molecule has 0 fully saturated rings. The van der Waals surface area contributed by atoms with Crippen molar-refractivity contribution in [2.24, 2.45) is 0 Å². The minimum Gasteiger partial charge on any atom is -0.423 e. The van der Waals surface area contributed by atoms with Crippen molar-refractivity contribution in [1.29, 1.82) is 0 Å². The molecule has 6 heteroatoms. The number of rotatable bonds is 10. The Balaban J connectivity index is 1.12. The number of hydrogen-bond donors (Lipinski definition) is 0. The van der Waals surface area contributed by atoms with Crippen LogP contribution in [0.5, 0.6) is 11.5 Å². The van der Waals surface area contributed by atoms with Crippen LogP contribution in [-0.4, -0.2) is 11.9 Å². The molecule has 0 saturated heterocycles. The summed E-state index contributed by atoms with van der Waals surface area (Å²) in [6.45, 7) is 9.14. The number of fused-ring (bicyclic) bond motifs is 3. The minimum atomic E-state index is -0.486. The maximum Gasteiger partial charge on any atom is 0.335 e. The molecule has 6 nitrogen and oxygen atoms in total. The highest BCUT2D eigenvalue weighted by Crippen LogP contribution is 2.39. The molecule has 0 heterocycles. The molecule has 288 valence electrons. The number of esters is 2. The second kappa shape index (κ2) is 17.2.